The molecule has 0 aliphatic rings. The number of hydrogen-bond acceptors (Lipinski definition) is 7. The summed E-state index contributed by atoms with van der Waals surface area (Å²) in [6.07, 6.45) is 2.52. The highest BCUT2D eigenvalue weighted by Gasteiger charge is 2.15. The number of benzene rings is 1. The zero-order valence-corrected chi connectivity index (χ0v) is 14.4. The van der Waals surface area contributed by atoms with Crippen molar-refractivity contribution in [3.05, 3.63) is 30.6 Å². The van der Waals surface area contributed by atoms with E-state index in [1.807, 2.05) is 42.7 Å². The Morgan fingerprint density at radius 3 is 2.60 bits per heavy atom. The molecule has 1 atom stereocenters. The molecule has 0 saturated heterocycles. The summed E-state index contributed by atoms with van der Waals surface area (Å²) in [6, 6.07) is 7.32. The first-order valence-corrected chi connectivity index (χ1v) is 8.37. The summed E-state index contributed by atoms with van der Waals surface area (Å²) in [5.74, 6) is 1.07. The number of fused-ring (bicyclic) bond motifs is 1. The van der Waals surface area contributed by atoms with E-state index in [0.717, 1.165) is 24.3 Å². The summed E-state index contributed by atoms with van der Waals surface area (Å²) in [4.78, 5) is 13.6. The van der Waals surface area contributed by atoms with Crippen LogP contribution in [0.3, 0.4) is 0 Å². The van der Waals surface area contributed by atoms with Crippen LogP contribution in [0.2, 0.25) is 0 Å². The van der Waals surface area contributed by atoms with E-state index in [4.69, 9.17) is 5.73 Å². The Hall–Kier alpha value is -2.87. The molecule has 132 valence electrons. The summed E-state index contributed by atoms with van der Waals surface area (Å²) in [6.45, 7) is 4.80. The lowest BCUT2D eigenvalue weighted by Crippen LogP contribution is -2.24. The highest BCUT2D eigenvalue weighted by Crippen LogP contribution is 2.25. The van der Waals surface area contributed by atoms with Crippen LogP contribution in [0.15, 0.2) is 30.6 Å². The van der Waals surface area contributed by atoms with Gasteiger partial charge in [0.2, 0.25) is 5.95 Å². The number of aliphatic hydroxyl groups excluding tert-OH is 1. The normalized spacial score (nSPS) is 12.3. The lowest BCUT2D eigenvalue weighted by atomic mass is 10.2. The fraction of sp³-hybridized carbons (Fsp3) is 0.353. The van der Waals surface area contributed by atoms with Gasteiger partial charge in [0.05, 0.1) is 19.0 Å². The van der Waals surface area contributed by atoms with Gasteiger partial charge in [-0.1, -0.05) is 6.92 Å². The molecular weight excluding hydrogens is 318 g/mol. The van der Waals surface area contributed by atoms with Crippen LogP contribution in [0.5, 0.6) is 0 Å². The van der Waals surface area contributed by atoms with E-state index in [1.54, 1.807) is 6.33 Å². The number of rotatable bonds is 7. The Kier molecular flexibility index (Phi) is 4.99. The highest BCUT2D eigenvalue weighted by atomic mass is 16.3. The van der Waals surface area contributed by atoms with Crippen molar-refractivity contribution in [1.82, 2.24) is 19.5 Å². The number of anilines is 4. The second-order valence-corrected chi connectivity index (χ2v) is 5.78. The topological polar surface area (TPSA) is 114 Å². The summed E-state index contributed by atoms with van der Waals surface area (Å²) in [5, 5.41) is 15.9. The Labute approximate surface area is 146 Å². The highest BCUT2D eigenvalue weighted by molar-refractivity contribution is 5.86. The maximum atomic E-state index is 9.43. The number of nitrogens with zero attached hydrogens (tertiary/aromatic N) is 4. The predicted molar refractivity (Wildman–Crippen MR) is 99.9 cm³/mol. The zero-order chi connectivity index (χ0) is 17.8. The van der Waals surface area contributed by atoms with Gasteiger partial charge >= 0.3 is 0 Å². The average Bonchev–Trinajstić information content (AvgIpc) is 3.05. The number of imidazole rings is 1. The first kappa shape index (κ1) is 17.0. The second-order valence-electron chi connectivity index (χ2n) is 5.78. The maximum Gasteiger partial charge on any atom is 0.227 e. The van der Waals surface area contributed by atoms with Crippen LogP contribution < -0.4 is 16.4 Å². The van der Waals surface area contributed by atoms with Crippen molar-refractivity contribution in [3.63, 3.8) is 0 Å². The fourth-order valence-corrected chi connectivity index (χ4v) is 2.49. The van der Waals surface area contributed by atoms with Crippen molar-refractivity contribution < 1.29 is 5.11 Å². The number of hydrogen-bond donors (Lipinski definition) is 4. The molecule has 2 aromatic heterocycles. The van der Waals surface area contributed by atoms with Crippen LogP contribution in [0.4, 0.5) is 23.1 Å². The third kappa shape index (κ3) is 3.63. The first-order chi connectivity index (χ1) is 12.1. The molecule has 0 bridgehead atoms. The summed E-state index contributed by atoms with van der Waals surface area (Å²) in [5.41, 5.74) is 8.74. The monoisotopic (exact) mass is 341 g/mol. The average molecular weight is 341 g/mol. The van der Waals surface area contributed by atoms with Gasteiger partial charge in [-0.3, -0.25) is 0 Å². The molecule has 0 amide bonds. The zero-order valence-electron chi connectivity index (χ0n) is 14.4. The summed E-state index contributed by atoms with van der Waals surface area (Å²) in [7, 11) is 0. The SMILES string of the molecule is CCC(CO)Nc1nc(Nc2ccc(N)cc2)c2ncn(CC)c2n1. The maximum absolute atomic E-state index is 9.43. The Morgan fingerprint density at radius 2 is 1.96 bits per heavy atom. The van der Waals surface area contributed by atoms with Gasteiger partial charge in [-0.05, 0) is 37.6 Å². The Morgan fingerprint density at radius 1 is 1.20 bits per heavy atom. The van der Waals surface area contributed by atoms with Crippen molar-refractivity contribution in [2.45, 2.75) is 32.9 Å². The van der Waals surface area contributed by atoms with Gasteiger partial charge in [0.25, 0.3) is 0 Å². The molecule has 25 heavy (non-hydrogen) atoms. The van der Waals surface area contributed by atoms with Gasteiger partial charge in [-0.2, -0.15) is 9.97 Å². The van der Waals surface area contributed by atoms with E-state index in [9.17, 15) is 5.11 Å². The van der Waals surface area contributed by atoms with Crippen molar-refractivity contribution >= 4 is 34.3 Å². The second kappa shape index (κ2) is 7.35. The molecule has 2 heterocycles. The standard InChI is InChI=1S/C17H23N7O/c1-3-12(9-25)21-17-22-15(20-13-7-5-11(18)6-8-13)14-16(23-17)24(4-2)10-19-14/h5-8,10,12,25H,3-4,9,18H2,1-2H3,(H2,20,21,22,23). The summed E-state index contributed by atoms with van der Waals surface area (Å²) >= 11 is 0. The number of aromatic nitrogens is 4. The number of nitrogen functional groups attached to an aromatic ring is 1. The van der Waals surface area contributed by atoms with Crippen LogP contribution in [0, 0.1) is 0 Å². The predicted octanol–water partition coefficient (Wildman–Crippen LogP) is 2.35. The number of aliphatic hydroxyl groups is 1. The Bertz CT molecular complexity index is 840. The molecular formula is C17H23N7O. The van der Waals surface area contributed by atoms with Crippen molar-refractivity contribution in [1.29, 1.82) is 0 Å². The lowest BCUT2D eigenvalue weighted by Gasteiger charge is -2.15. The molecule has 1 aromatic carbocycles. The van der Waals surface area contributed by atoms with Crippen molar-refractivity contribution in [2.24, 2.45) is 0 Å². The Balaban J connectivity index is 2.02. The number of nitrogens with one attached hydrogen (secondary N) is 2. The molecule has 5 N–H and O–H groups in total. The molecule has 3 aromatic rings. The molecule has 3 rings (SSSR count). The van der Waals surface area contributed by atoms with Gasteiger partial charge in [0.1, 0.15) is 0 Å². The van der Waals surface area contributed by atoms with E-state index in [0.29, 0.717) is 23.0 Å². The lowest BCUT2D eigenvalue weighted by molar-refractivity contribution is 0.271. The third-order valence-electron chi connectivity index (χ3n) is 4.02. The van der Waals surface area contributed by atoms with Crippen LogP contribution in [-0.4, -0.2) is 37.3 Å². The molecule has 8 heteroatoms. The van der Waals surface area contributed by atoms with Crippen LogP contribution in [-0.2, 0) is 6.54 Å². The molecule has 0 saturated carbocycles. The van der Waals surface area contributed by atoms with Crippen LogP contribution >= 0.6 is 0 Å². The smallest absolute Gasteiger partial charge is 0.227 e. The van der Waals surface area contributed by atoms with E-state index >= 15 is 0 Å². The molecule has 0 aliphatic heterocycles. The molecule has 0 spiro atoms. The summed E-state index contributed by atoms with van der Waals surface area (Å²) < 4.78 is 1.95. The molecule has 8 nitrogen and oxygen atoms in total. The minimum absolute atomic E-state index is 0.0195. The third-order valence-corrected chi connectivity index (χ3v) is 4.02. The van der Waals surface area contributed by atoms with E-state index < -0.39 is 0 Å². The molecule has 0 aliphatic carbocycles. The minimum Gasteiger partial charge on any atom is -0.399 e. The quantitative estimate of drug-likeness (QED) is 0.488. The van der Waals surface area contributed by atoms with Crippen LogP contribution in [0.1, 0.15) is 20.3 Å². The van der Waals surface area contributed by atoms with Crippen molar-refractivity contribution in [3.8, 4) is 0 Å². The van der Waals surface area contributed by atoms with Gasteiger partial charge in [-0.15, -0.1) is 0 Å². The molecule has 0 radical (unpaired) electrons. The van der Waals surface area contributed by atoms with E-state index in [2.05, 4.69) is 25.6 Å². The minimum atomic E-state index is -0.0974. The van der Waals surface area contributed by atoms with E-state index in [-0.39, 0.29) is 12.6 Å². The fourth-order valence-electron chi connectivity index (χ4n) is 2.49. The van der Waals surface area contributed by atoms with Crippen molar-refractivity contribution in [2.75, 3.05) is 23.0 Å². The van der Waals surface area contributed by atoms with Crippen LogP contribution in [0.25, 0.3) is 11.2 Å². The first-order valence-electron chi connectivity index (χ1n) is 8.37. The molecule has 1 unspecified atom stereocenters. The van der Waals surface area contributed by atoms with E-state index in [1.165, 1.54) is 0 Å². The largest absolute Gasteiger partial charge is 0.399 e. The van der Waals surface area contributed by atoms with Gasteiger partial charge in [-0.25, -0.2) is 4.98 Å². The van der Waals surface area contributed by atoms with Gasteiger partial charge in [0.15, 0.2) is 17.0 Å². The number of nitrogens with two attached hydrogens (primary N) is 1. The number of aryl methyl sites for hydroxylation is 1. The van der Waals surface area contributed by atoms with Gasteiger partial charge < -0.3 is 26.0 Å². The van der Waals surface area contributed by atoms with Gasteiger partial charge in [0, 0.05) is 17.9 Å². The molecule has 0 fully saturated rings.